The van der Waals surface area contributed by atoms with Crippen molar-refractivity contribution in [2.45, 2.75) is 28.7 Å². The highest BCUT2D eigenvalue weighted by molar-refractivity contribution is 7.92. The molecular formula is C22H26FN3O2S. The van der Waals surface area contributed by atoms with Gasteiger partial charge in [0.25, 0.3) is 0 Å². The minimum atomic E-state index is -3.64. The van der Waals surface area contributed by atoms with Crippen LogP contribution in [0.25, 0.3) is 11.1 Å². The fourth-order valence-electron chi connectivity index (χ4n) is 5.04. The minimum Gasteiger partial charge on any atom is -0.371 e. The van der Waals surface area contributed by atoms with Crippen molar-refractivity contribution in [2.24, 2.45) is 0 Å². The van der Waals surface area contributed by atoms with E-state index in [1.165, 1.54) is 0 Å². The zero-order valence-corrected chi connectivity index (χ0v) is 17.5. The maximum Gasteiger partial charge on any atom is 0.209 e. The van der Waals surface area contributed by atoms with Gasteiger partial charge in [-0.3, -0.25) is 0 Å². The molecule has 6 rings (SSSR count). The lowest BCUT2D eigenvalue weighted by molar-refractivity contribution is 0.250. The molecule has 0 aliphatic carbocycles. The quantitative estimate of drug-likeness (QED) is 0.655. The monoisotopic (exact) mass is 415 g/mol. The lowest BCUT2D eigenvalue weighted by atomic mass is 10.0. The molecule has 4 aliphatic heterocycles. The van der Waals surface area contributed by atoms with Gasteiger partial charge in [-0.15, -0.1) is 0 Å². The van der Waals surface area contributed by atoms with E-state index in [-0.39, 0.29) is 6.54 Å². The van der Waals surface area contributed by atoms with E-state index in [4.69, 9.17) is 0 Å². The SMILES string of the molecule is CN(CCF)c1cccc2c1S(=O)(=O)c1cc(N3CCN4CCC3CC4)ccc1-2. The third-order valence-electron chi connectivity index (χ3n) is 6.63. The predicted molar refractivity (Wildman–Crippen MR) is 113 cm³/mol. The molecule has 29 heavy (non-hydrogen) atoms. The van der Waals surface area contributed by atoms with Gasteiger partial charge in [0.05, 0.1) is 10.6 Å². The van der Waals surface area contributed by atoms with E-state index in [9.17, 15) is 12.8 Å². The summed E-state index contributed by atoms with van der Waals surface area (Å²) in [7, 11) is -1.91. The second-order valence-corrected chi connectivity index (χ2v) is 10.1. The summed E-state index contributed by atoms with van der Waals surface area (Å²) in [6, 6.07) is 11.8. The topological polar surface area (TPSA) is 43.9 Å². The van der Waals surface area contributed by atoms with E-state index in [0.717, 1.165) is 55.8 Å². The van der Waals surface area contributed by atoms with Crippen molar-refractivity contribution in [3.8, 4) is 11.1 Å². The van der Waals surface area contributed by atoms with Crippen LogP contribution in [-0.4, -0.2) is 65.8 Å². The molecule has 0 spiro atoms. The van der Waals surface area contributed by atoms with Crippen LogP contribution < -0.4 is 9.80 Å². The normalized spacial score (nSPS) is 24.1. The number of benzene rings is 2. The van der Waals surface area contributed by atoms with Crippen LogP contribution in [0.1, 0.15) is 12.8 Å². The smallest absolute Gasteiger partial charge is 0.209 e. The van der Waals surface area contributed by atoms with Crippen LogP contribution in [0.4, 0.5) is 15.8 Å². The molecule has 3 fully saturated rings. The van der Waals surface area contributed by atoms with Crippen molar-refractivity contribution in [3.05, 3.63) is 36.4 Å². The van der Waals surface area contributed by atoms with Crippen molar-refractivity contribution < 1.29 is 12.8 Å². The Labute approximate surface area is 171 Å². The van der Waals surface area contributed by atoms with Crippen LogP contribution in [0.5, 0.6) is 0 Å². The average Bonchev–Trinajstić information content (AvgIpc) is 2.93. The first-order valence-electron chi connectivity index (χ1n) is 10.3. The van der Waals surface area contributed by atoms with Gasteiger partial charge in [0, 0.05) is 62.6 Å². The van der Waals surface area contributed by atoms with Crippen molar-refractivity contribution in [3.63, 3.8) is 0 Å². The van der Waals surface area contributed by atoms with Crippen molar-refractivity contribution in [2.75, 3.05) is 56.2 Å². The Bertz CT molecular complexity index is 1050. The zero-order valence-electron chi connectivity index (χ0n) is 16.6. The highest BCUT2D eigenvalue weighted by Crippen LogP contribution is 2.48. The molecule has 7 heteroatoms. The number of halogens is 1. The van der Waals surface area contributed by atoms with Gasteiger partial charge in [0.2, 0.25) is 9.84 Å². The second kappa shape index (κ2) is 6.99. The largest absolute Gasteiger partial charge is 0.371 e. The third kappa shape index (κ3) is 2.94. The van der Waals surface area contributed by atoms with Gasteiger partial charge >= 0.3 is 0 Å². The molecule has 0 aromatic heterocycles. The van der Waals surface area contributed by atoms with Gasteiger partial charge in [-0.05, 0) is 31.0 Å². The molecule has 2 aromatic rings. The first-order chi connectivity index (χ1) is 14.0. The Morgan fingerprint density at radius 2 is 1.86 bits per heavy atom. The van der Waals surface area contributed by atoms with Gasteiger partial charge in [0.15, 0.2) is 0 Å². The Morgan fingerprint density at radius 3 is 2.62 bits per heavy atom. The first kappa shape index (κ1) is 18.9. The number of alkyl halides is 1. The second-order valence-electron chi connectivity index (χ2n) is 8.21. The number of nitrogens with zero attached hydrogens (tertiary/aromatic N) is 3. The molecule has 0 saturated carbocycles. The van der Waals surface area contributed by atoms with Gasteiger partial charge < -0.3 is 14.7 Å². The number of rotatable bonds is 4. The predicted octanol–water partition coefficient (Wildman–Crippen LogP) is 3.19. The van der Waals surface area contributed by atoms with Crippen molar-refractivity contribution >= 4 is 21.2 Å². The van der Waals surface area contributed by atoms with Crippen LogP contribution in [0, 0.1) is 0 Å². The average molecular weight is 416 g/mol. The van der Waals surface area contributed by atoms with Crippen LogP contribution in [0.2, 0.25) is 0 Å². The molecule has 0 unspecified atom stereocenters. The van der Waals surface area contributed by atoms with E-state index < -0.39 is 16.5 Å². The third-order valence-corrected chi connectivity index (χ3v) is 8.51. The number of piperidine rings is 1. The maximum absolute atomic E-state index is 13.5. The summed E-state index contributed by atoms with van der Waals surface area (Å²) in [5, 5.41) is 0. The zero-order chi connectivity index (χ0) is 20.2. The Morgan fingerprint density at radius 1 is 1.07 bits per heavy atom. The number of anilines is 2. The molecular weight excluding hydrogens is 389 g/mol. The Hall–Kier alpha value is -2.12. The van der Waals surface area contributed by atoms with E-state index in [1.54, 1.807) is 18.0 Å². The molecule has 3 saturated heterocycles. The summed E-state index contributed by atoms with van der Waals surface area (Å²) in [5.41, 5.74) is 3.03. The van der Waals surface area contributed by atoms with E-state index in [1.807, 2.05) is 24.3 Å². The summed E-state index contributed by atoms with van der Waals surface area (Å²) in [6.45, 7) is 3.85. The van der Waals surface area contributed by atoms with Gasteiger partial charge in [-0.25, -0.2) is 12.8 Å². The van der Waals surface area contributed by atoms with Gasteiger partial charge in [-0.1, -0.05) is 18.2 Å². The van der Waals surface area contributed by atoms with Crippen LogP contribution in [0.3, 0.4) is 0 Å². The molecule has 2 aromatic carbocycles. The molecule has 4 aliphatic rings. The minimum absolute atomic E-state index is 0.166. The molecule has 5 nitrogen and oxygen atoms in total. The summed E-state index contributed by atoms with van der Waals surface area (Å²) in [6.07, 6.45) is 2.25. The molecule has 0 atom stereocenters. The molecule has 2 bridgehead atoms. The fraction of sp³-hybridized carbons (Fsp3) is 0.455. The Balaban J connectivity index is 1.59. The Kier molecular flexibility index (Phi) is 4.55. The molecule has 0 amide bonds. The van der Waals surface area contributed by atoms with Gasteiger partial charge in [-0.2, -0.15) is 0 Å². The van der Waals surface area contributed by atoms with Crippen molar-refractivity contribution in [1.29, 1.82) is 0 Å². The fourth-order valence-corrected chi connectivity index (χ4v) is 6.97. The summed E-state index contributed by atoms with van der Waals surface area (Å²) < 4.78 is 39.9. The lowest BCUT2D eigenvalue weighted by Crippen LogP contribution is -2.37. The van der Waals surface area contributed by atoms with Crippen molar-refractivity contribution in [1.82, 2.24) is 4.90 Å². The summed E-state index contributed by atoms with van der Waals surface area (Å²) >= 11 is 0. The molecule has 0 radical (unpaired) electrons. The molecule has 0 N–H and O–H groups in total. The molecule has 4 heterocycles. The lowest BCUT2D eigenvalue weighted by Gasteiger charge is -2.33. The number of hydrogen-bond donors (Lipinski definition) is 0. The number of fused-ring (bicyclic) bond motifs is 7. The van der Waals surface area contributed by atoms with Gasteiger partial charge in [0.1, 0.15) is 11.6 Å². The first-order valence-corrected chi connectivity index (χ1v) is 11.8. The van der Waals surface area contributed by atoms with Crippen LogP contribution in [-0.2, 0) is 9.84 Å². The number of hydrogen-bond acceptors (Lipinski definition) is 5. The van der Waals surface area contributed by atoms with E-state index in [2.05, 4.69) is 15.9 Å². The highest BCUT2D eigenvalue weighted by Gasteiger charge is 2.37. The van der Waals surface area contributed by atoms with Crippen LogP contribution in [0.15, 0.2) is 46.2 Å². The standard InChI is InChI=1S/C22H26FN3O2S/c1-24(12-9-23)20-4-2-3-19-18-6-5-17(15-21(18)29(27,28)22(19)20)26-14-13-25-10-7-16(26)8-11-25/h2-6,15-16H,7-14H2,1H3. The molecule has 154 valence electrons. The maximum atomic E-state index is 13.5. The van der Waals surface area contributed by atoms with Crippen LogP contribution >= 0.6 is 0 Å². The summed E-state index contributed by atoms with van der Waals surface area (Å²) in [5.74, 6) is 0. The van der Waals surface area contributed by atoms with E-state index >= 15 is 0 Å². The van der Waals surface area contributed by atoms with E-state index in [0.29, 0.717) is 21.5 Å². The summed E-state index contributed by atoms with van der Waals surface area (Å²) in [4.78, 5) is 7.26. The highest BCUT2D eigenvalue weighted by atomic mass is 32.2. The number of sulfone groups is 1.